The largest absolute Gasteiger partial charge is 0.486 e. The zero-order valence-corrected chi connectivity index (χ0v) is 18.5. The van der Waals surface area contributed by atoms with E-state index in [0.717, 1.165) is 17.7 Å². The Bertz CT molecular complexity index is 1310. The number of alkyl halides is 3. The average molecular weight is 469 g/mol. The lowest BCUT2D eigenvalue weighted by Gasteiger charge is -2.08. The minimum absolute atomic E-state index is 0.101. The predicted molar refractivity (Wildman–Crippen MR) is 120 cm³/mol. The Morgan fingerprint density at radius 1 is 1.09 bits per heavy atom. The van der Waals surface area contributed by atoms with Crippen molar-refractivity contribution in [2.75, 3.05) is 5.32 Å². The van der Waals surface area contributed by atoms with E-state index in [1.807, 2.05) is 32.0 Å². The van der Waals surface area contributed by atoms with Crippen LogP contribution in [0.25, 0.3) is 0 Å². The van der Waals surface area contributed by atoms with Crippen molar-refractivity contribution in [3.63, 3.8) is 0 Å². The fourth-order valence-corrected chi connectivity index (χ4v) is 3.28. The number of benzene rings is 2. The van der Waals surface area contributed by atoms with Gasteiger partial charge in [-0.05, 0) is 66.9 Å². The first-order chi connectivity index (χ1) is 16.2. The standard InChI is InChI=1S/C25H22F3N3O3/c1-16-6-7-21(10-17(16)2)33-15-22-8-9-23(34-22)24(32)30-20-12-29-31(14-20)13-18-4-3-5-19(11-18)25(26,27)28/h3-12,14H,13,15H2,1-2H3,(H,30,32). The van der Waals surface area contributed by atoms with Crippen LogP contribution in [0.5, 0.6) is 5.75 Å². The molecule has 0 saturated heterocycles. The van der Waals surface area contributed by atoms with Crippen LogP contribution in [0.4, 0.5) is 18.9 Å². The van der Waals surface area contributed by atoms with Crippen molar-refractivity contribution >= 4 is 11.6 Å². The number of anilines is 1. The number of nitrogens with one attached hydrogen (secondary N) is 1. The molecule has 34 heavy (non-hydrogen) atoms. The molecule has 2 heterocycles. The lowest BCUT2D eigenvalue weighted by atomic mass is 10.1. The maximum Gasteiger partial charge on any atom is 0.416 e. The summed E-state index contributed by atoms with van der Waals surface area (Å²) in [5, 5.41) is 6.77. The van der Waals surface area contributed by atoms with Crippen molar-refractivity contribution < 1.29 is 27.1 Å². The molecule has 0 fully saturated rings. The summed E-state index contributed by atoms with van der Waals surface area (Å²) in [4.78, 5) is 12.5. The van der Waals surface area contributed by atoms with Crippen molar-refractivity contribution in [3.8, 4) is 5.75 Å². The van der Waals surface area contributed by atoms with Gasteiger partial charge in [0, 0.05) is 6.20 Å². The van der Waals surface area contributed by atoms with Crippen LogP contribution in [0.15, 0.2) is 71.4 Å². The van der Waals surface area contributed by atoms with E-state index in [1.54, 1.807) is 18.2 Å². The molecule has 0 saturated carbocycles. The first-order valence-electron chi connectivity index (χ1n) is 10.5. The molecule has 2 aromatic carbocycles. The Labute approximate surface area is 194 Å². The van der Waals surface area contributed by atoms with Gasteiger partial charge in [0.25, 0.3) is 5.91 Å². The van der Waals surface area contributed by atoms with Crippen LogP contribution in [0.3, 0.4) is 0 Å². The molecule has 4 aromatic rings. The van der Waals surface area contributed by atoms with Gasteiger partial charge in [-0.3, -0.25) is 9.48 Å². The van der Waals surface area contributed by atoms with Crippen molar-refractivity contribution in [3.05, 3.63) is 101 Å². The highest BCUT2D eigenvalue weighted by molar-refractivity contribution is 6.02. The van der Waals surface area contributed by atoms with Gasteiger partial charge in [0.05, 0.1) is 24.0 Å². The van der Waals surface area contributed by atoms with Gasteiger partial charge in [-0.25, -0.2) is 0 Å². The molecule has 0 radical (unpaired) electrons. The topological polar surface area (TPSA) is 69.3 Å². The minimum atomic E-state index is -4.41. The molecule has 0 spiro atoms. The van der Waals surface area contributed by atoms with E-state index < -0.39 is 17.6 Å². The SMILES string of the molecule is Cc1ccc(OCc2ccc(C(=O)Nc3cnn(Cc4cccc(C(F)(F)F)c4)c3)o2)cc1C. The quantitative estimate of drug-likeness (QED) is 0.361. The van der Waals surface area contributed by atoms with Gasteiger partial charge in [0.2, 0.25) is 0 Å². The molecule has 2 aromatic heterocycles. The summed E-state index contributed by atoms with van der Waals surface area (Å²) in [6, 6.07) is 14.0. The van der Waals surface area contributed by atoms with E-state index >= 15 is 0 Å². The summed E-state index contributed by atoms with van der Waals surface area (Å²) < 4.78 is 51.4. The number of hydrogen-bond donors (Lipinski definition) is 1. The monoisotopic (exact) mass is 469 g/mol. The molecule has 0 bridgehead atoms. The second-order valence-corrected chi connectivity index (χ2v) is 7.88. The number of ether oxygens (including phenoxy) is 1. The van der Waals surface area contributed by atoms with Gasteiger partial charge in [-0.1, -0.05) is 18.2 Å². The molecule has 0 atom stereocenters. The molecular weight excluding hydrogens is 447 g/mol. The highest BCUT2D eigenvalue weighted by atomic mass is 19.4. The Kier molecular flexibility index (Phi) is 6.45. The van der Waals surface area contributed by atoms with Gasteiger partial charge in [-0.15, -0.1) is 0 Å². The number of furan rings is 1. The number of aromatic nitrogens is 2. The maximum absolute atomic E-state index is 12.9. The summed E-state index contributed by atoms with van der Waals surface area (Å²) in [7, 11) is 0. The van der Waals surface area contributed by atoms with Crippen molar-refractivity contribution in [2.24, 2.45) is 0 Å². The van der Waals surface area contributed by atoms with Crippen LogP contribution in [-0.4, -0.2) is 15.7 Å². The second-order valence-electron chi connectivity index (χ2n) is 7.88. The number of rotatable bonds is 7. The molecule has 6 nitrogen and oxygen atoms in total. The first kappa shape index (κ1) is 23.2. The van der Waals surface area contributed by atoms with E-state index in [-0.39, 0.29) is 18.9 Å². The van der Waals surface area contributed by atoms with Crippen molar-refractivity contribution in [1.29, 1.82) is 0 Å². The lowest BCUT2D eigenvalue weighted by Crippen LogP contribution is -2.10. The highest BCUT2D eigenvalue weighted by Crippen LogP contribution is 2.29. The highest BCUT2D eigenvalue weighted by Gasteiger charge is 2.30. The zero-order chi connectivity index (χ0) is 24.3. The summed E-state index contributed by atoms with van der Waals surface area (Å²) >= 11 is 0. The van der Waals surface area contributed by atoms with Crippen molar-refractivity contribution in [2.45, 2.75) is 33.2 Å². The van der Waals surface area contributed by atoms with Gasteiger partial charge in [-0.2, -0.15) is 18.3 Å². The van der Waals surface area contributed by atoms with Gasteiger partial charge < -0.3 is 14.5 Å². The number of carbonyl (C=O) groups is 1. The Hall–Kier alpha value is -4.01. The van der Waals surface area contributed by atoms with Gasteiger partial charge in [0.1, 0.15) is 18.1 Å². The van der Waals surface area contributed by atoms with E-state index in [9.17, 15) is 18.0 Å². The first-order valence-corrected chi connectivity index (χ1v) is 10.5. The number of amides is 1. The Morgan fingerprint density at radius 3 is 2.68 bits per heavy atom. The Balaban J connectivity index is 1.34. The molecule has 0 aliphatic heterocycles. The van der Waals surface area contributed by atoms with Crippen LogP contribution in [0.2, 0.25) is 0 Å². The van der Waals surface area contributed by atoms with Crippen molar-refractivity contribution in [1.82, 2.24) is 9.78 Å². The number of aryl methyl sites for hydroxylation is 2. The van der Waals surface area contributed by atoms with E-state index in [0.29, 0.717) is 22.8 Å². The van der Waals surface area contributed by atoms with Crippen LogP contribution in [-0.2, 0) is 19.3 Å². The molecule has 1 amide bonds. The number of halogens is 3. The van der Waals surface area contributed by atoms with Crippen LogP contribution in [0.1, 0.15) is 38.6 Å². The number of nitrogens with zero attached hydrogens (tertiary/aromatic N) is 2. The third-order valence-electron chi connectivity index (χ3n) is 5.23. The third kappa shape index (κ3) is 5.67. The Morgan fingerprint density at radius 2 is 1.91 bits per heavy atom. The van der Waals surface area contributed by atoms with Crippen LogP contribution in [0, 0.1) is 13.8 Å². The molecule has 0 aliphatic rings. The number of carbonyl (C=O) groups excluding carboxylic acids is 1. The molecule has 9 heteroatoms. The summed E-state index contributed by atoms with van der Waals surface area (Å²) in [5.74, 6) is 0.822. The zero-order valence-electron chi connectivity index (χ0n) is 18.5. The summed E-state index contributed by atoms with van der Waals surface area (Å²) in [5.41, 5.74) is 2.39. The van der Waals surface area contributed by atoms with Gasteiger partial charge in [0.15, 0.2) is 5.76 Å². The second kappa shape index (κ2) is 9.46. The van der Waals surface area contributed by atoms with Gasteiger partial charge >= 0.3 is 6.18 Å². The fraction of sp³-hybridized carbons (Fsp3) is 0.200. The molecule has 0 aliphatic carbocycles. The van der Waals surface area contributed by atoms with E-state index in [4.69, 9.17) is 9.15 Å². The molecule has 1 N–H and O–H groups in total. The normalized spacial score (nSPS) is 11.4. The number of hydrogen-bond acceptors (Lipinski definition) is 4. The van der Waals surface area contributed by atoms with E-state index in [1.165, 1.54) is 28.7 Å². The smallest absolute Gasteiger partial charge is 0.416 e. The van der Waals surface area contributed by atoms with Crippen LogP contribution >= 0.6 is 0 Å². The molecule has 0 unspecified atom stereocenters. The van der Waals surface area contributed by atoms with Crippen LogP contribution < -0.4 is 10.1 Å². The maximum atomic E-state index is 12.9. The lowest BCUT2D eigenvalue weighted by molar-refractivity contribution is -0.137. The molecular formula is C25H22F3N3O3. The summed E-state index contributed by atoms with van der Waals surface area (Å²) in [6.45, 7) is 4.32. The third-order valence-corrected chi connectivity index (χ3v) is 5.23. The summed E-state index contributed by atoms with van der Waals surface area (Å²) in [6.07, 6.45) is -1.46. The minimum Gasteiger partial charge on any atom is -0.486 e. The fourth-order valence-electron chi connectivity index (χ4n) is 3.28. The average Bonchev–Trinajstić information content (AvgIpc) is 3.44. The predicted octanol–water partition coefficient (Wildman–Crippen LogP) is 5.99. The molecule has 4 rings (SSSR count). The molecule has 176 valence electrons. The van der Waals surface area contributed by atoms with E-state index in [2.05, 4.69) is 10.4 Å².